The van der Waals surface area contributed by atoms with Crippen LogP contribution in [0.4, 0.5) is 0 Å². The molecule has 1 saturated carbocycles. The third-order valence-corrected chi connectivity index (χ3v) is 8.83. The van der Waals surface area contributed by atoms with E-state index in [1.54, 1.807) is 0 Å². The SMILES string of the molecule is Cc1cccc(C)c1C(=O)N1CCC(N2CCC(CNC(=O)C3CC3)(Cc3ccccc3)CC2)CC1. The number of rotatable bonds is 7. The molecular weight excluding hydrogens is 446 g/mol. The Labute approximate surface area is 216 Å². The summed E-state index contributed by atoms with van der Waals surface area (Å²) in [5.41, 5.74) is 4.52. The van der Waals surface area contributed by atoms with Gasteiger partial charge in [0.1, 0.15) is 0 Å². The number of hydrogen-bond acceptors (Lipinski definition) is 3. The zero-order chi connectivity index (χ0) is 25.1. The van der Waals surface area contributed by atoms with Crippen molar-refractivity contribution >= 4 is 11.8 Å². The Kier molecular flexibility index (Phi) is 7.47. The van der Waals surface area contributed by atoms with Gasteiger partial charge in [0.25, 0.3) is 5.91 Å². The van der Waals surface area contributed by atoms with E-state index in [1.165, 1.54) is 5.56 Å². The molecule has 5 heteroatoms. The molecule has 36 heavy (non-hydrogen) atoms. The molecule has 2 amide bonds. The van der Waals surface area contributed by atoms with Gasteiger partial charge in [0.15, 0.2) is 0 Å². The lowest BCUT2D eigenvalue weighted by Gasteiger charge is -2.46. The maximum Gasteiger partial charge on any atom is 0.254 e. The molecule has 2 aromatic carbocycles. The highest BCUT2D eigenvalue weighted by Gasteiger charge is 2.39. The number of benzene rings is 2. The second kappa shape index (κ2) is 10.8. The van der Waals surface area contributed by atoms with Crippen molar-refractivity contribution in [1.82, 2.24) is 15.1 Å². The van der Waals surface area contributed by atoms with Gasteiger partial charge < -0.3 is 15.1 Å². The number of carbonyl (C=O) groups is 2. The first-order valence-corrected chi connectivity index (χ1v) is 13.9. The normalized spacial score (nSPS) is 20.8. The Morgan fingerprint density at radius 1 is 0.861 bits per heavy atom. The summed E-state index contributed by atoms with van der Waals surface area (Å²) in [5.74, 6) is 0.706. The molecule has 192 valence electrons. The van der Waals surface area contributed by atoms with Crippen LogP contribution in [0.1, 0.15) is 65.6 Å². The molecule has 0 aromatic heterocycles. The summed E-state index contributed by atoms with van der Waals surface area (Å²) >= 11 is 0. The van der Waals surface area contributed by atoms with Crippen molar-refractivity contribution in [3.8, 4) is 0 Å². The van der Waals surface area contributed by atoms with E-state index in [0.29, 0.717) is 6.04 Å². The molecule has 1 N–H and O–H groups in total. The minimum absolute atomic E-state index is 0.126. The molecule has 5 rings (SSSR count). The van der Waals surface area contributed by atoms with Gasteiger partial charge in [0.2, 0.25) is 5.91 Å². The first kappa shape index (κ1) is 25.0. The molecule has 0 spiro atoms. The fraction of sp³-hybridized carbons (Fsp3) is 0.548. The lowest BCUT2D eigenvalue weighted by atomic mass is 9.73. The van der Waals surface area contributed by atoms with Crippen molar-refractivity contribution in [2.45, 2.75) is 64.8 Å². The van der Waals surface area contributed by atoms with Gasteiger partial charge in [-0.1, -0.05) is 48.5 Å². The number of piperidine rings is 2. The summed E-state index contributed by atoms with van der Waals surface area (Å²) in [5, 5.41) is 3.31. The first-order chi connectivity index (χ1) is 17.4. The van der Waals surface area contributed by atoms with Gasteiger partial charge in [-0.05, 0) is 94.0 Å². The van der Waals surface area contributed by atoms with Gasteiger partial charge in [-0.3, -0.25) is 9.59 Å². The zero-order valence-electron chi connectivity index (χ0n) is 22.0. The Hall–Kier alpha value is -2.66. The molecule has 3 aliphatic rings. The Bertz CT molecular complexity index is 1040. The molecule has 2 aromatic rings. The van der Waals surface area contributed by atoms with Crippen LogP contribution in [0.15, 0.2) is 48.5 Å². The Morgan fingerprint density at radius 3 is 2.11 bits per heavy atom. The fourth-order valence-corrected chi connectivity index (χ4v) is 6.32. The molecule has 1 aliphatic carbocycles. The lowest BCUT2D eigenvalue weighted by Crippen LogP contribution is -2.53. The smallest absolute Gasteiger partial charge is 0.254 e. The number of amides is 2. The van der Waals surface area contributed by atoms with E-state index in [4.69, 9.17) is 0 Å². The standard InChI is InChI=1S/C31H41N3O2/c1-23-7-6-8-24(2)28(23)30(36)34-17-13-27(14-18-34)33-19-15-31(16-20-33,21-25-9-4-3-5-10-25)22-32-29(35)26-11-12-26/h3-10,26-27H,11-22H2,1-2H3,(H,32,35). The number of likely N-dealkylation sites (tertiary alicyclic amines) is 2. The summed E-state index contributed by atoms with van der Waals surface area (Å²) in [6.07, 6.45) is 7.42. The summed E-state index contributed by atoms with van der Waals surface area (Å²) in [6.45, 7) is 8.67. The molecule has 2 aliphatic heterocycles. The van der Waals surface area contributed by atoms with Crippen LogP contribution in [0.2, 0.25) is 0 Å². The van der Waals surface area contributed by atoms with Crippen LogP contribution >= 0.6 is 0 Å². The molecule has 0 radical (unpaired) electrons. The molecule has 0 atom stereocenters. The minimum atomic E-state index is 0.126. The van der Waals surface area contributed by atoms with E-state index < -0.39 is 0 Å². The maximum absolute atomic E-state index is 13.2. The van der Waals surface area contributed by atoms with Gasteiger partial charge >= 0.3 is 0 Å². The average Bonchev–Trinajstić information content (AvgIpc) is 3.74. The number of aryl methyl sites for hydroxylation is 2. The monoisotopic (exact) mass is 487 g/mol. The fourth-order valence-electron chi connectivity index (χ4n) is 6.32. The molecule has 2 saturated heterocycles. The van der Waals surface area contributed by atoms with Crippen molar-refractivity contribution in [3.63, 3.8) is 0 Å². The number of carbonyl (C=O) groups excluding carboxylic acids is 2. The summed E-state index contributed by atoms with van der Waals surface area (Å²) in [4.78, 5) is 30.4. The van der Waals surface area contributed by atoms with Crippen molar-refractivity contribution in [2.24, 2.45) is 11.3 Å². The van der Waals surface area contributed by atoms with Crippen molar-refractivity contribution in [3.05, 3.63) is 70.8 Å². The second-order valence-electron chi connectivity index (χ2n) is 11.5. The van der Waals surface area contributed by atoms with Crippen LogP contribution < -0.4 is 5.32 Å². The van der Waals surface area contributed by atoms with Gasteiger partial charge in [-0.15, -0.1) is 0 Å². The highest BCUT2D eigenvalue weighted by atomic mass is 16.2. The van der Waals surface area contributed by atoms with Crippen LogP contribution in [-0.2, 0) is 11.2 Å². The van der Waals surface area contributed by atoms with Gasteiger partial charge in [-0.2, -0.15) is 0 Å². The Balaban J connectivity index is 1.18. The summed E-state index contributed by atoms with van der Waals surface area (Å²) in [7, 11) is 0. The summed E-state index contributed by atoms with van der Waals surface area (Å²) in [6, 6.07) is 17.4. The van der Waals surface area contributed by atoms with Crippen molar-refractivity contribution < 1.29 is 9.59 Å². The average molecular weight is 488 g/mol. The number of nitrogens with zero attached hydrogens (tertiary/aromatic N) is 2. The largest absolute Gasteiger partial charge is 0.355 e. The maximum atomic E-state index is 13.2. The zero-order valence-corrected chi connectivity index (χ0v) is 22.0. The first-order valence-electron chi connectivity index (χ1n) is 13.9. The highest BCUT2D eigenvalue weighted by molar-refractivity contribution is 5.97. The van der Waals surface area contributed by atoms with E-state index in [0.717, 1.165) is 94.4 Å². The third-order valence-electron chi connectivity index (χ3n) is 8.83. The quantitative estimate of drug-likeness (QED) is 0.613. The lowest BCUT2D eigenvalue weighted by molar-refractivity contribution is -0.123. The molecule has 0 unspecified atom stereocenters. The predicted molar refractivity (Wildman–Crippen MR) is 144 cm³/mol. The minimum Gasteiger partial charge on any atom is -0.355 e. The molecular formula is C31H41N3O2. The van der Waals surface area contributed by atoms with E-state index in [-0.39, 0.29) is 23.1 Å². The van der Waals surface area contributed by atoms with Crippen LogP contribution in [0, 0.1) is 25.2 Å². The number of hydrogen-bond donors (Lipinski definition) is 1. The molecule has 0 bridgehead atoms. The molecule has 5 nitrogen and oxygen atoms in total. The topological polar surface area (TPSA) is 52.7 Å². The van der Waals surface area contributed by atoms with Crippen LogP contribution in [0.3, 0.4) is 0 Å². The summed E-state index contributed by atoms with van der Waals surface area (Å²) < 4.78 is 0. The van der Waals surface area contributed by atoms with Crippen LogP contribution in [0.25, 0.3) is 0 Å². The van der Waals surface area contributed by atoms with E-state index in [2.05, 4.69) is 45.4 Å². The Morgan fingerprint density at radius 2 is 1.50 bits per heavy atom. The number of nitrogens with one attached hydrogen (secondary N) is 1. The molecule has 3 fully saturated rings. The third kappa shape index (κ3) is 5.67. The van der Waals surface area contributed by atoms with Crippen LogP contribution in [-0.4, -0.2) is 60.4 Å². The van der Waals surface area contributed by atoms with E-state index in [9.17, 15) is 9.59 Å². The predicted octanol–water partition coefficient (Wildman–Crippen LogP) is 4.76. The van der Waals surface area contributed by atoms with Crippen molar-refractivity contribution in [2.75, 3.05) is 32.7 Å². The van der Waals surface area contributed by atoms with Gasteiger partial charge in [0.05, 0.1) is 0 Å². The highest BCUT2D eigenvalue weighted by Crippen LogP contribution is 2.37. The van der Waals surface area contributed by atoms with Crippen molar-refractivity contribution in [1.29, 1.82) is 0 Å². The van der Waals surface area contributed by atoms with Gasteiger partial charge in [0, 0.05) is 37.2 Å². The van der Waals surface area contributed by atoms with E-state index >= 15 is 0 Å². The second-order valence-corrected chi connectivity index (χ2v) is 11.5. The van der Waals surface area contributed by atoms with Crippen LogP contribution in [0.5, 0.6) is 0 Å². The van der Waals surface area contributed by atoms with E-state index in [1.807, 2.05) is 32.0 Å². The van der Waals surface area contributed by atoms with Gasteiger partial charge in [-0.25, -0.2) is 0 Å². The molecule has 2 heterocycles.